The Labute approximate surface area is 152 Å². The highest BCUT2D eigenvalue weighted by molar-refractivity contribution is 5.93. The largest absolute Gasteiger partial charge is 0.481 e. The van der Waals surface area contributed by atoms with Gasteiger partial charge in [0.1, 0.15) is 6.54 Å². The molecular formula is C22H34NO2+. The summed E-state index contributed by atoms with van der Waals surface area (Å²) in [6.07, 6.45) is 9.70. The van der Waals surface area contributed by atoms with E-state index in [9.17, 15) is 4.79 Å². The predicted octanol–water partition coefficient (Wildman–Crippen LogP) is 5.68. The first-order chi connectivity index (χ1) is 11.9. The summed E-state index contributed by atoms with van der Waals surface area (Å²) in [5, 5.41) is 8.61. The average molecular weight is 345 g/mol. The second kappa shape index (κ2) is 9.17. The number of para-hydroxylation sites is 1. The van der Waals surface area contributed by atoms with Crippen LogP contribution >= 0.6 is 0 Å². The first-order valence-electron chi connectivity index (χ1n) is 9.87. The molecule has 0 amide bonds. The second-order valence-electron chi connectivity index (χ2n) is 7.85. The van der Waals surface area contributed by atoms with Crippen LogP contribution in [0.2, 0.25) is 0 Å². The van der Waals surface area contributed by atoms with Crippen molar-refractivity contribution in [2.75, 3.05) is 6.54 Å². The summed E-state index contributed by atoms with van der Waals surface area (Å²) < 4.78 is 2.52. The van der Waals surface area contributed by atoms with Gasteiger partial charge in [0.15, 0.2) is 5.71 Å². The lowest BCUT2D eigenvalue weighted by atomic mass is 9.82. The average Bonchev–Trinajstić information content (AvgIpc) is 2.77. The third-order valence-corrected chi connectivity index (χ3v) is 5.70. The molecule has 0 fully saturated rings. The zero-order valence-electron chi connectivity index (χ0n) is 16.2. The smallest absolute Gasteiger partial charge is 0.303 e. The lowest BCUT2D eigenvalue weighted by Gasteiger charge is -2.14. The molecule has 0 unspecified atom stereocenters. The number of hydrogen-bond donors (Lipinski definition) is 1. The van der Waals surface area contributed by atoms with Gasteiger partial charge in [0.25, 0.3) is 0 Å². The zero-order valence-corrected chi connectivity index (χ0v) is 16.2. The Morgan fingerprint density at radius 1 is 0.960 bits per heavy atom. The SMILES string of the molecule is CC1=[N+](CCCCCCCCCCC(=O)O)c2ccccc2C1(C)C. The summed E-state index contributed by atoms with van der Waals surface area (Å²) in [4.78, 5) is 10.4. The van der Waals surface area contributed by atoms with Gasteiger partial charge in [-0.15, -0.1) is 0 Å². The van der Waals surface area contributed by atoms with E-state index in [1.165, 1.54) is 55.5 Å². The lowest BCUT2D eigenvalue weighted by Crippen LogP contribution is -2.26. The molecule has 0 radical (unpaired) electrons. The number of carboxylic acids is 1. The molecule has 0 aliphatic carbocycles. The number of benzene rings is 1. The molecule has 0 saturated carbocycles. The van der Waals surface area contributed by atoms with Gasteiger partial charge in [0.05, 0.1) is 5.41 Å². The molecule has 0 saturated heterocycles. The Hall–Kier alpha value is -1.64. The van der Waals surface area contributed by atoms with Gasteiger partial charge < -0.3 is 5.11 Å². The minimum absolute atomic E-state index is 0.145. The maximum Gasteiger partial charge on any atom is 0.303 e. The molecule has 2 rings (SSSR count). The van der Waals surface area contributed by atoms with Gasteiger partial charge in [-0.3, -0.25) is 4.79 Å². The van der Waals surface area contributed by atoms with Crippen molar-refractivity contribution in [1.82, 2.24) is 0 Å². The molecule has 0 spiro atoms. The van der Waals surface area contributed by atoms with Gasteiger partial charge in [-0.05, 0) is 26.7 Å². The lowest BCUT2D eigenvalue weighted by molar-refractivity contribution is -0.439. The minimum atomic E-state index is -0.668. The molecular weight excluding hydrogens is 310 g/mol. The quantitative estimate of drug-likeness (QED) is 0.414. The van der Waals surface area contributed by atoms with E-state index in [1.807, 2.05) is 0 Å². The van der Waals surface area contributed by atoms with Crippen molar-refractivity contribution in [3.63, 3.8) is 0 Å². The Morgan fingerprint density at radius 3 is 2.16 bits per heavy atom. The summed E-state index contributed by atoms with van der Waals surface area (Å²) in [6.45, 7) is 8.04. The number of aliphatic carboxylic acids is 1. The normalized spacial score (nSPS) is 15.5. The first-order valence-corrected chi connectivity index (χ1v) is 9.87. The van der Waals surface area contributed by atoms with Gasteiger partial charge in [-0.2, -0.15) is 4.58 Å². The molecule has 3 heteroatoms. The number of rotatable bonds is 11. The van der Waals surface area contributed by atoms with Gasteiger partial charge in [-0.1, -0.05) is 50.3 Å². The van der Waals surface area contributed by atoms with E-state index in [-0.39, 0.29) is 5.41 Å². The minimum Gasteiger partial charge on any atom is -0.481 e. The fourth-order valence-electron chi connectivity index (χ4n) is 3.85. The van der Waals surface area contributed by atoms with Crippen molar-refractivity contribution < 1.29 is 14.5 Å². The van der Waals surface area contributed by atoms with Crippen molar-refractivity contribution in [2.24, 2.45) is 0 Å². The van der Waals surface area contributed by atoms with Gasteiger partial charge in [0, 0.05) is 31.4 Å². The first kappa shape index (κ1) is 19.7. The summed E-state index contributed by atoms with van der Waals surface area (Å²) in [7, 11) is 0. The van der Waals surface area contributed by atoms with Crippen LogP contribution in [0.3, 0.4) is 0 Å². The summed E-state index contributed by atoms with van der Waals surface area (Å²) in [6, 6.07) is 8.81. The van der Waals surface area contributed by atoms with E-state index in [0.717, 1.165) is 19.4 Å². The number of nitrogens with zero attached hydrogens (tertiary/aromatic N) is 1. The monoisotopic (exact) mass is 344 g/mol. The van der Waals surface area contributed by atoms with Crippen LogP contribution in [-0.4, -0.2) is 27.9 Å². The summed E-state index contributed by atoms with van der Waals surface area (Å²) in [5.74, 6) is -0.668. The third kappa shape index (κ3) is 5.17. The van der Waals surface area contributed by atoms with Crippen LogP contribution in [0.1, 0.15) is 84.1 Å². The molecule has 0 atom stereocenters. The van der Waals surface area contributed by atoms with Crippen molar-refractivity contribution in [3.8, 4) is 0 Å². The highest BCUT2D eigenvalue weighted by atomic mass is 16.4. The number of unbranched alkanes of at least 4 members (excludes halogenated alkanes) is 7. The molecule has 1 aromatic carbocycles. The Bertz CT molecular complexity index is 616. The summed E-state index contributed by atoms with van der Waals surface area (Å²) in [5.41, 5.74) is 4.46. The Balaban J connectivity index is 1.66. The highest BCUT2D eigenvalue weighted by Crippen LogP contribution is 2.39. The Kier molecular flexibility index (Phi) is 7.22. The fourth-order valence-corrected chi connectivity index (χ4v) is 3.85. The number of fused-ring (bicyclic) bond motifs is 1. The molecule has 25 heavy (non-hydrogen) atoms. The molecule has 1 aromatic rings. The molecule has 138 valence electrons. The number of carboxylic acid groups (broad SMARTS) is 1. The Morgan fingerprint density at radius 2 is 1.52 bits per heavy atom. The van der Waals surface area contributed by atoms with Crippen molar-refractivity contribution in [1.29, 1.82) is 0 Å². The van der Waals surface area contributed by atoms with Gasteiger partial charge in [0.2, 0.25) is 5.69 Å². The van der Waals surface area contributed by atoms with Crippen LogP contribution in [0.4, 0.5) is 5.69 Å². The fraction of sp³-hybridized carbons (Fsp3) is 0.636. The molecule has 1 aliphatic rings. The van der Waals surface area contributed by atoms with Crippen molar-refractivity contribution in [3.05, 3.63) is 29.8 Å². The molecule has 0 bridgehead atoms. The zero-order chi connectivity index (χ0) is 18.3. The molecule has 3 nitrogen and oxygen atoms in total. The number of hydrogen-bond acceptors (Lipinski definition) is 1. The van der Waals surface area contributed by atoms with Gasteiger partial charge in [-0.25, -0.2) is 0 Å². The van der Waals surface area contributed by atoms with Crippen molar-refractivity contribution >= 4 is 17.4 Å². The van der Waals surface area contributed by atoms with Crippen LogP contribution < -0.4 is 0 Å². The molecule has 0 aromatic heterocycles. The second-order valence-corrected chi connectivity index (χ2v) is 7.85. The van der Waals surface area contributed by atoms with Crippen LogP contribution in [0.5, 0.6) is 0 Å². The van der Waals surface area contributed by atoms with Crippen LogP contribution in [0, 0.1) is 0 Å². The van der Waals surface area contributed by atoms with E-state index in [1.54, 1.807) is 0 Å². The molecule has 1 heterocycles. The van der Waals surface area contributed by atoms with E-state index >= 15 is 0 Å². The van der Waals surface area contributed by atoms with E-state index in [4.69, 9.17) is 5.11 Å². The third-order valence-electron chi connectivity index (χ3n) is 5.70. The van der Waals surface area contributed by atoms with Crippen LogP contribution in [-0.2, 0) is 10.2 Å². The van der Waals surface area contributed by atoms with Crippen molar-refractivity contribution in [2.45, 2.75) is 84.0 Å². The maximum absolute atomic E-state index is 10.4. The molecule has 1 N–H and O–H groups in total. The topological polar surface area (TPSA) is 40.3 Å². The summed E-state index contributed by atoms with van der Waals surface area (Å²) >= 11 is 0. The van der Waals surface area contributed by atoms with E-state index in [0.29, 0.717) is 6.42 Å². The van der Waals surface area contributed by atoms with Crippen LogP contribution in [0.25, 0.3) is 0 Å². The van der Waals surface area contributed by atoms with Crippen LogP contribution in [0.15, 0.2) is 24.3 Å². The maximum atomic E-state index is 10.4. The molecule has 1 aliphatic heterocycles. The van der Waals surface area contributed by atoms with E-state index < -0.39 is 5.97 Å². The highest BCUT2D eigenvalue weighted by Gasteiger charge is 2.42. The number of carbonyl (C=O) groups is 1. The predicted molar refractivity (Wildman–Crippen MR) is 104 cm³/mol. The standard InChI is InChI=1S/C22H33NO2/c1-18-22(2,3)19-14-11-12-15-20(19)23(18)17-13-9-7-5-4-6-8-10-16-21(24)25/h11-12,14-15H,4-10,13,16-17H2,1-3H3/p+1. The van der Waals surface area contributed by atoms with Gasteiger partial charge >= 0.3 is 5.97 Å². The van der Waals surface area contributed by atoms with E-state index in [2.05, 4.69) is 49.6 Å².